The van der Waals surface area contributed by atoms with Gasteiger partial charge in [-0.1, -0.05) is 83.3 Å². The number of aliphatic carboxylic acids is 1. The van der Waals surface area contributed by atoms with Crippen molar-refractivity contribution < 1.29 is 24.5 Å². The van der Waals surface area contributed by atoms with Crippen LogP contribution in [0, 0.1) is 28.1 Å². The number of nitriles is 2. The maximum absolute atomic E-state index is 11.9. The lowest BCUT2D eigenvalue weighted by Gasteiger charge is -2.22. The second kappa shape index (κ2) is 16.9. The SMILES string of the molecule is C[C@@](CO)(CCc1cc(Cl)c(OCc2cccc(-c3cccc(-c4ccc5c(c4)CNCC5)c3Cl)c2Cl)nc1OCc1cc(C#N)cc(C#N)c1)C(=O)O. The molecular weight excluding hydrogens is 747 g/mol. The monoisotopic (exact) mass is 780 g/mol. The Balaban J connectivity index is 1.27. The van der Waals surface area contributed by atoms with E-state index >= 15 is 0 Å². The zero-order valence-corrected chi connectivity index (χ0v) is 31.5. The van der Waals surface area contributed by atoms with Crippen molar-refractivity contribution in [3.05, 3.63) is 133 Å². The standard InChI is InChI=1S/C42H35Cl3N4O5/c1-42(24-50,41(51)52)12-10-30-18-36(43)40(49-39(30)53-22-27-15-25(19-46)14-26(16-27)20-47)54-23-31-4-2-6-34(37(31)44)35-7-3-5-33(38(35)45)29-9-8-28-11-13-48-21-32(28)17-29/h2-9,14-18,48,50H,10-13,21-24H2,1H3,(H,51,52)/t42-/m0/s1. The fraction of sp³-hybridized carbons (Fsp3) is 0.238. The minimum absolute atomic E-state index is 0.00927. The van der Waals surface area contributed by atoms with Crippen LogP contribution in [0.3, 0.4) is 0 Å². The van der Waals surface area contributed by atoms with Crippen molar-refractivity contribution in [1.82, 2.24) is 10.3 Å². The number of hydrogen-bond acceptors (Lipinski definition) is 8. The highest BCUT2D eigenvalue weighted by Crippen LogP contribution is 2.41. The number of benzene rings is 4. The van der Waals surface area contributed by atoms with Crippen molar-refractivity contribution in [2.24, 2.45) is 5.41 Å². The maximum Gasteiger partial charge on any atom is 0.311 e. The molecule has 0 spiro atoms. The van der Waals surface area contributed by atoms with Crippen LogP contribution in [-0.4, -0.2) is 34.3 Å². The molecule has 0 bridgehead atoms. The number of fused-ring (bicyclic) bond motifs is 1. The van der Waals surface area contributed by atoms with E-state index in [1.54, 1.807) is 18.2 Å². The van der Waals surface area contributed by atoms with Crippen molar-refractivity contribution in [1.29, 1.82) is 10.5 Å². The summed E-state index contributed by atoms with van der Waals surface area (Å²) in [6.07, 6.45) is 1.21. The van der Waals surface area contributed by atoms with Crippen LogP contribution in [0.15, 0.2) is 78.9 Å². The summed E-state index contributed by atoms with van der Waals surface area (Å²) < 4.78 is 12.2. The molecule has 5 aromatic rings. The number of nitrogens with zero attached hydrogens (tertiary/aromatic N) is 3. The lowest BCUT2D eigenvalue weighted by Crippen LogP contribution is -2.32. The molecule has 4 aromatic carbocycles. The molecular formula is C42H35Cl3N4O5. The molecule has 54 heavy (non-hydrogen) atoms. The quantitative estimate of drug-likeness (QED) is 0.106. The van der Waals surface area contributed by atoms with Crippen LogP contribution in [0.2, 0.25) is 15.1 Å². The third-order valence-corrected chi connectivity index (χ3v) is 10.7. The van der Waals surface area contributed by atoms with Gasteiger partial charge in [0.05, 0.1) is 45.3 Å². The van der Waals surface area contributed by atoms with E-state index in [0.717, 1.165) is 41.8 Å². The van der Waals surface area contributed by atoms with E-state index in [0.29, 0.717) is 37.9 Å². The number of aliphatic hydroxyl groups is 1. The number of carboxylic acid groups (broad SMARTS) is 1. The van der Waals surface area contributed by atoms with Gasteiger partial charge in [0, 0.05) is 34.4 Å². The maximum atomic E-state index is 11.9. The Morgan fingerprint density at radius 2 is 1.54 bits per heavy atom. The zero-order valence-electron chi connectivity index (χ0n) is 29.3. The smallest absolute Gasteiger partial charge is 0.311 e. The van der Waals surface area contributed by atoms with Gasteiger partial charge in [0.1, 0.15) is 18.2 Å². The Morgan fingerprint density at radius 1 is 0.852 bits per heavy atom. The molecule has 2 heterocycles. The van der Waals surface area contributed by atoms with Crippen molar-refractivity contribution in [2.45, 2.75) is 45.9 Å². The van der Waals surface area contributed by atoms with Gasteiger partial charge >= 0.3 is 5.97 Å². The predicted octanol–water partition coefficient (Wildman–Crippen LogP) is 8.94. The first kappa shape index (κ1) is 38.6. The van der Waals surface area contributed by atoms with Crippen molar-refractivity contribution in [3.8, 4) is 46.2 Å². The number of aryl methyl sites for hydroxylation is 1. The number of aromatic nitrogens is 1. The minimum atomic E-state index is -1.41. The molecule has 1 aliphatic rings. The Labute approximate surface area is 328 Å². The van der Waals surface area contributed by atoms with Gasteiger partial charge in [0.2, 0.25) is 11.8 Å². The summed E-state index contributed by atoms with van der Waals surface area (Å²) in [6, 6.07) is 28.3. The number of carboxylic acids is 1. The van der Waals surface area contributed by atoms with Gasteiger partial charge in [-0.05, 0) is 85.3 Å². The van der Waals surface area contributed by atoms with Crippen LogP contribution in [-0.2, 0) is 37.4 Å². The highest BCUT2D eigenvalue weighted by molar-refractivity contribution is 6.38. The molecule has 1 atom stereocenters. The lowest BCUT2D eigenvalue weighted by atomic mass is 9.85. The van der Waals surface area contributed by atoms with Gasteiger partial charge < -0.3 is 25.0 Å². The van der Waals surface area contributed by atoms with E-state index in [1.807, 2.05) is 48.5 Å². The van der Waals surface area contributed by atoms with Crippen LogP contribution < -0.4 is 14.8 Å². The Hall–Kier alpha value is -5.13. The molecule has 0 saturated heterocycles. The summed E-state index contributed by atoms with van der Waals surface area (Å²) in [5.41, 5.74) is 6.88. The summed E-state index contributed by atoms with van der Waals surface area (Å²) in [6.45, 7) is 2.60. The number of rotatable bonds is 13. The summed E-state index contributed by atoms with van der Waals surface area (Å²) in [5, 5.41) is 43.0. The average molecular weight is 782 g/mol. The Kier molecular flexibility index (Phi) is 12.1. The van der Waals surface area contributed by atoms with Crippen LogP contribution in [0.5, 0.6) is 11.8 Å². The van der Waals surface area contributed by atoms with Crippen LogP contribution in [0.25, 0.3) is 22.3 Å². The highest BCUT2D eigenvalue weighted by atomic mass is 35.5. The predicted molar refractivity (Wildman–Crippen MR) is 208 cm³/mol. The van der Waals surface area contributed by atoms with Crippen molar-refractivity contribution in [2.75, 3.05) is 13.2 Å². The molecule has 0 radical (unpaired) electrons. The van der Waals surface area contributed by atoms with Gasteiger partial charge in [-0.25, -0.2) is 0 Å². The average Bonchev–Trinajstić information content (AvgIpc) is 3.19. The van der Waals surface area contributed by atoms with Crippen molar-refractivity contribution >= 4 is 40.8 Å². The number of ether oxygens (including phenoxy) is 2. The number of aliphatic hydroxyl groups excluding tert-OH is 1. The second-order valence-corrected chi connectivity index (χ2v) is 14.5. The Bertz CT molecular complexity index is 2290. The summed E-state index contributed by atoms with van der Waals surface area (Å²) in [7, 11) is 0. The zero-order chi connectivity index (χ0) is 38.4. The lowest BCUT2D eigenvalue weighted by molar-refractivity contribution is -0.150. The van der Waals surface area contributed by atoms with Gasteiger partial charge in [-0.15, -0.1) is 0 Å². The number of pyridine rings is 1. The minimum Gasteiger partial charge on any atom is -0.481 e. The molecule has 6 rings (SSSR count). The third kappa shape index (κ3) is 8.48. The van der Waals surface area contributed by atoms with Crippen LogP contribution >= 0.6 is 34.8 Å². The van der Waals surface area contributed by atoms with Gasteiger partial charge in [-0.2, -0.15) is 15.5 Å². The summed E-state index contributed by atoms with van der Waals surface area (Å²) >= 11 is 20.8. The van der Waals surface area contributed by atoms with Gasteiger partial charge in [0.15, 0.2) is 0 Å². The number of halogens is 3. The van der Waals surface area contributed by atoms with Crippen molar-refractivity contribution in [3.63, 3.8) is 0 Å². The first-order valence-electron chi connectivity index (χ1n) is 17.2. The fourth-order valence-corrected chi connectivity index (χ4v) is 7.12. The molecule has 0 aliphatic carbocycles. The Morgan fingerprint density at radius 3 is 2.24 bits per heavy atom. The van der Waals surface area contributed by atoms with E-state index < -0.39 is 18.0 Å². The van der Waals surface area contributed by atoms with E-state index in [-0.39, 0.29) is 42.8 Å². The first-order chi connectivity index (χ1) is 26.0. The number of nitrogens with one attached hydrogen (secondary N) is 1. The van der Waals surface area contributed by atoms with E-state index in [1.165, 1.54) is 24.1 Å². The molecule has 0 fully saturated rings. The van der Waals surface area contributed by atoms with Gasteiger partial charge in [-0.3, -0.25) is 4.79 Å². The highest BCUT2D eigenvalue weighted by Gasteiger charge is 2.32. The van der Waals surface area contributed by atoms with E-state index in [2.05, 4.69) is 28.5 Å². The van der Waals surface area contributed by atoms with Crippen LogP contribution in [0.1, 0.15) is 52.3 Å². The fourth-order valence-electron chi connectivity index (χ4n) is 6.28. The second-order valence-electron chi connectivity index (χ2n) is 13.3. The molecule has 0 amide bonds. The topological polar surface area (TPSA) is 148 Å². The summed E-state index contributed by atoms with van der Waals surface area (Å²) in [5.74, 6) is -0.986. The molecule has 1 aliphatic heterocycles. The summed E-state index contributed by atoms with van der Waals surface area (Å²) in [4.78, 5) is 16.5. The number of carbonyl (C=O) groups is 1. The van der Waals surface area contributed by atoms with Gasteiger partial charge in [0.25, 0.3) is 0 Å². The first-order valence-corrected chi connectivity index (χ1v) is 18.3. The molecule has 1 aromatic heterocycles. The molecule has 0 unspecified atom stereocenters. The molecule has 9 nitrogen and oxygen atoms in total. The largest absolute Gasteiger partial charge is 0.481 e. The molecule has 274 valence electrons. The molecule has 12 heteroatoms. The van der Waals surface area contributed by atoms with E-state index in [9.17, 15) is 25.5 Å². The third-order valence-electron chi connectivity index (χ3n) is 9.56. The normalized spacial score (nSPS) is 13.2. The number of hydrogen-bond donors (Lipinski definition) is 3. The molecule has 3 N–H and O–H groups in total. The molecule has 0 saturated carbocycles. The van der Waals surface area contributed by atoms with E-state index in [4.69, 9.17) is 44.3 Å². The van der Waals surface area contributed by atoms with Crippen LogP contribution in [0.4, 0.5) is 0 Å².